The van der Waals surface area contributed by atoms with Gasteiger partial charge in [0, 0.05) is 5.57 Å². The van der Waals surface area contributed by atoms with Crippen LogP contribution in [0.3, 0.4) is 0 Å². The van der Waals surface area contributed by atoms with Crippen LogP contribution in [0, 0.1) is 5.92 Å². The summed E-state index contributed by atoms with van der Waals surface area (Å²) in [6.07, 6.45) is 9.31. The quantitative estimate of drug-likeness (QED) is 0.308. The fourth-order valence-corrected chi connectivity index (χ4v) is 1.99. The summed E-state index contributed by atoms with van der Waals surface area (Å²) in [5, 5.41) is 0. The largest absolute Gasteiger partial charge is 0.498 e. The maximum absolute atomic E-state index is 11.6. The highest BCUT2D eigenvalue weighted by Gasteiger charge is 2.15. The van der Waals surface area contributed by atoms with Gasteiger partial charge in [0.1, 0.15) is 6.61 Å². The lowest BCUT2D eigenvalue weighted by Crippen LogP contribution is -2.17. The summed E-state index contributed by atoms with van der Waals surface area (Å²) in [6, 6.07) is 0. The summed E-state index contributed by atoms with van der Waals surface area (Å²) in [5.74, 6) is 0.327. The summed E-state index contributed by atoms with van der Waals surface area (Å²) < 4.78 is 10.2. The lowest BCUT2D eigenvalue weighted by Gasteiger charge is -2.21. The molecule has 0 heterocycles. The molecule has 1 fully saturated rings. The van der Waals surface area contributed by atoms with E-state index in [4.69, 9.17) is 9.47 Å². The van der Waals surface area contributed by atoms with Gasteiger partial charge in [0.05, 0.1) is 12.9 Å². The first kappa shape index (κ1) is 13.8. The molecule has 0 bridgehead atoms. The summed E-state index contributed by atoms with van der Waals surface area (Å²) >= 11 is 0. The zero-order chi connectivity index (χ0) is 12.5. The maximum Gasteiger partial charge on any atom is 0.333 e. The summed E-state index contributed by atoms with van der Waals surface area (Å²) in [6.45, 7) is 6.11. The first-order valence-electron chi connectivity index (χ1n) is 6.30. The number of carbonyl (C=O) groups is 1. The normalized spacial score (nSPS) is 17.6. The predicted octanol–water partition coefficient (Wildman–Crippen LogP) is 3.22. The van der Waals surface area contributed by atoms with Gasteiger partial charge in [-0.2, -0.15) is 0 Å². The van der Waals surface area contributed by atoms with Crippen molar-refractivity contribution in [2.45, 2.75) is 39.0 Å². The maximum atomic E-state index is 11.6. The molecule has 1 aliphatic carbocycles. The van der Waals surface area contributed by atoms with E-state index in [1.807, 2.05) is 0 Å². The van der Waals surface area contributed by atoms with Crippen molar-refractivity contribution in [3.8, 4) is 0 Å². The minimum absolute atomic E-state index is 0.233. The Hall–Kier alpha value is -1.25. The van der Waals surface area contributed by atoms with Crippen molar-refractivity contribution in [2.24, 2.45) is 5.92 Å². The molecule has 0 saturated heterocycles. The molecule has 0 amide bonds. The van der Waals surface area contributed by atoms with Crippen molar-refractivity contribution in [1.82, 2.24) is 0 Å². The molecule has 96 valence electrons. The summed E-state index contributed by atoms with van der Waals surface area (Å²) in [7, 11) is 0. The third-order valence-electron chi connectivity index (χ3n) is 3.10. The van der Waals surface area contributed by atoms with Gasteiger partial charge in [-0.25, -0.2) is 4.79 Å². The second kappa shape index (κ2) is 7.93. The molecule has 0 spiro atoms. The third-order valence-corrected chi connectivity index (χ3v) is 3.10. The molecule has 1 rings (SSSR count). The number of hydrogen-bond acceptors (Lipinski definition) is 3. The van der Waals surface area contributed by atoms with Crippen molar-refractivity contribution in [1.29, 1.82) is 0 Å². The van der Waals surface area contributed by atoms with E-state index in [9.17, 15) is 4.79 Å². The molecule has 0 N–H and O–H groups in total. The zero-order valence-electron chi connectivity index (χ0n) is 10.6. The average Bonchev–Trinajstić information content (AvgIpc) is 2.37. The third kappa shape index (κ3) is 5.57. The van der Waals surface area contributed by atoms with E-state index in [0.29, 0.717) is 24.7 Å². The molecule has 0 aromatic rings. The molecule has 17 heavy (non-hydrogen) atoms. The van der Waals surface area contributed by atoms with Crippen LogP contribution in [-0.4, -0.2) is 19.2 Å². The molecule has 0 aromatic heterocycles. The number of rotatable bonds is 6. The second-order valence-electron chi connectivity index (χ2n) is 4.49. The van der Waals surface area contributed by atoms with Crippen LogP contribution in [0.5, 0.6) is 0 Å². The number of carbonyl (C=O) groups excluding carboxylic acids is 1. The highest BCUT2D eigenvalue weighted by Crippen LogP contribution is 2.23. The molecule has 0 radical (unpaired) electrons. The smallest absolute Gasteiger partial charge is 0.333 e. The van der Waals surface area contributed by atoms with E-state index in [1.54, 1.807) is 13.0 Å². The van der Waals surface area contributed by atoms with Gasteiger partial charge in [-0.1, -0.05) is 25.8 Å². The first-order chi connectivity index (χ1) is 8.24. The summed E-state index contributed by atoms with van der Waals surface area (Å²) in [5.41, 5.74) is 0.600. The van der Waals surface area contributed by atoms with E-state index >= 15 is 0 Å². The second-order valence-corrected chi connectivity index (χ2v) is 4.49. The van der Waals surface area contributed by atoms with E-state index in [2.05, 4.69) is 6.58 Å². The fourth-order valence-electron chi connectivity index (χ4n) is 1.99. The Bertz CT molecular complexity index is 275. The number of hydrogen-bond donors (Lipinski definition) is 0. The van der Waals surface area contributed by atoms with E-state index < -0.39 is 0 Å². The molecule has 3 nitrogen and oxygen atoms in total. The minimum atomic E-state index is -0.233. The van der Waals surface area contributed by atoms with Crippen molar-refractivity contribution >= 4 is 5.97 Å². The fraction of sp³-hybridized carbons (Fsp3) is 0.643. The van der Waals surface area contributed by atoms with E-state index in [0.717, 1.165) is 0 Å². The Morgan fingerprint density at radius 2 is 2.06 bits per heavy atom. The topological polar surface area (TPSA) is 35.5 Å². The Balaban J connectivity index is 2.22. The first-order valence-corrected chi connectivity index (χ1v) is 6.30. The van der Waals surface area contributed by atoms with Crippen LogP contribution in [0.1, 0.15) is 39.0 Å². The molecule has 0 aliphatic heterocycles. The van der Waals surface area contributed by atoms with Crippen LogP contribution < -0.4 is 0 Å². The molecule has 0 atom stereocenters. The highest BCUT2D eigenvalue weighted by atomic mass is 16.5. The van der Waals surface area contributed by atoms with Gasteiger partial charge in [0.25, 0.3) is 0 Å². The van der Waals surface area contributed by atoms with Gasteiger partial charge in [-0.05, 0) is 31.8 Å². The van der Waals surface area contributed by atoms with Gasteiger partial charge in [-0.3, -0.25) is 0 Å². The van der Waals surface area contributed by atoms with Crippen LogP contribution in [0.2, 0.25) is 0 Å². The highest BCUT2D eigenvalue weighted by molar-refractivity contribution is 5.87. The van der Waals surface area contributed by atoms with Crippen LogP contribution in [0.25, 0.3) is 0 Å². The van der Waals surface area contributed by atoms with Gasteiger partial charge in [0.15, 0.2) is 0 Å². The van der Waals surface area contributed by atoms with E-state index in [1.165, 1.54) is 38.4 Å². The van der Waals surface area contributed by atoms with Gasteiger partial charge in [0.2, 0.25) is 0 Å². The SMILES string of the molecule is C=COCC=C(C)C(=O)OCC1CCCCC1. The minimum Gasteiger partial charge on any atom is -0.498 e. The molecule has 3 heteroatoms. The molecular formula is C14H22O3. The molecular weight excluding hydrogens is 216 g/mol. The Morgan fingerprint density at radius 3 is 2.71 bits per heavy atom. The molecule has 0 unspecified atom stereocenters. The average molecular weight is 238 g/mol. The molecule has 1 saturated carbocycles. The van der Waals surface area contributed by atoms with Gasteiger partial charge >= 0.3 is 5.97 Å². The summed E-state index contributed by atoms with van der Waals surface area (Å²) in [4.78, 5) is 11.6. The zero-order valence-corrected chi connectivity index (χ0v) is 10.6. The van der Waals surface area contributed by atoms with Crippen molar-refractivity contribution in [3.05, 3.63) is 24.5 Å². The van der Waals surface area contributed by atoms with Crippen LogP contribution in [0.15, 0.2) is 24.5 Å². The van der Waals surface area contributed by atoms with Crippen molar-refractivity contribution in [3.63, 3.8) is 0 Å². The predicted molar refractivity (Wildman–Crippen MR) is 67.4 cm³/mol. The standard InChI is InChI=1S/C14H22O3/c1-3-16-10-9-12(2)14(15)17-11-13-7-5-4-6-8-13/h3,9,13H,1,4-8,10-11H2,2H3. The van der Waals surface area contributed by atoms with Crippen LogP contribution >= 0.6 is 0 Å². The van der Waals surface area contributed by atoms with Gasteiger partial charge < -0.3 is 9.47 Å². The van der Waals surface area contributed by atoms with Crippen molar-refractivity contribution < 1.29 is 14.3 Å². The van der Waals surface area contributed by atoms with Crippen LogP contribution in [-0.2, 0) is 14.3 Å². The Morgan fingerprint density at radius 1 is 1.35 bits per heavy atom. The monoisotopic (exact) mass is 238 g/mol. The lowest BCUT2D eigenvalue weighted by molar-refractivity contribution is -0.140. The van der Waals surface area contributed by atoms with Gasteiger partial charge in [-0.15, -0.1) is 0 Å². The van der Waals surface area contributed by atoms with Crippen molar-refractivity contribution in [2.75, 3.05) is 13.2 Å². The number of ether oxygens (including phenoxy) is 2. The Labute approximate surface area is 103 Å². The lowest BCUT2D eigenvalue weighted by atomic mass is 9.90. The van der Waals surface area contributed by atoms with E-state index in [-0.39, 0.29) is 5.97 Å². The number of esters is 1. The molecule has 1 aliphatic rings. The Kier molecular flexibility index (Phi) is 6.45. The van der Waals surface area contributed by atoms with Crippen LogP contribution in [0.4, 0.5) is 0 Å². The molecule has 0 aromatic carbocycles.